The normalized spacial score (nSPS) is 25.4. The number of aromatic nitrogens is 3. The van der Waals surface area contributed by atoms with Crippen LogP contribution in [0.1, 0.15) is 46.5 Å². The number of hydrazine groups is 1. The molecule has 118 valence electrons. The van der Waals surface area contributed by atoms with Crippen LogP contribution in [0.3, 0.4) is 0 Å². The van der Waals surface area contributed by atoms with Crippen molar-refractivity contribution in [2.45, 2.75) is 52.6 Å². The minimum Gasteiger partial charge on any atom is -0.463 e. The van der Waals surface area contributed by atoms with E-state index in [0.29, 0.717) is 12.5 Å². The molecule has 1 aromatic heterocycles. The van der Waals surface area contributed by atoms with Gasteiger partial charge in [-0.05, 0) is 37.5 Å². The second kappa shape index (κ2) is 7.40. The number of ether oxygens (including phenoxy) is 2. The maximum absolute atomic E-state index is 5.90. The zero-order chi connectivity index (χ0) is 15.2. The maximum atomic E-state index is 5.90. The number of nitrogen functional groups attached to an aromatic ring is 1. The molecule has 3 unspecified atom stereocenters. The Bertz CT molecular complexity index is 457. The molecule has 1 aromatic rings. The third kappa shape index (κ3) is 4.42. The van der Waals surface area contributed by atoms with E-state index >= 15 is 0 Å². The molecule has 1 aliphatic rings. The number of nitrogens with one attached hydrogen (secondary N) is 1. The molecule has 0 saturated heterocycles. The van der Waals surface area contributed by atoms with Gasteiger partial charge in [-0.2, -0.15) is 9.97 Å². The quantitative estimate of drug-likeness (QED) is 0.613. The molecule has 0 amide bonds. The first-order valence-electron chi connectivity index (χ1n) is 7.64. The van der Waals surface area contributed by atoms with E-state index in [9.17, 15) is 0 Å². The van der Waals surface area contributed by atoms with E-state index < -0.39 is 0 Å². The summed E-state index contributed by atoms with van der Waals surface area (Å²) in [7, 11) is 0. The van der Waals surface area contributed by atoms with Crippen molar-refractivity contribution >= 4 is 5.95 Å². The highest BCUT2D eigenvalue weighted by molar-refractivity contribution is 5.25. The summed E-state index contributed by atoms with van der Waals surface area (Å²) in [5.41, 5.74) is 2.42. The molecule has 1 heterocycles. The van der Waals surface area contributed by atoms with E-state index in [1.54, 1.807) is 0 Å². The smallest absolute Gasteiger partial charge is 0.324 e. The monoisotopic (exact) mass is 295 g/mol. The van der Waals surface area contributed by atoms with Crippen LogP contribution in [0.25, 0.3) is 0 Å². The zero-order valence-corrected chi connectivity index (χ0v) is 13.0. The first-order chi connectivity index (χ1) is 10.1. The lowest BCUT2D eigenvalue weighted by Crippen LogP contribution is -2.29. The molecule has 21 heavy (non-hydrogen) atoms. The molecule has 7 heteroatoms. The average Bonchev–Trinajstić information content (AvgIpc) is 2.48. The largest absolute Gasteiger partial charge is 0.463 e. The van der Waals surface area contributed by atoms with Crippen LogP contribution in [0, 0.1) is 11.8 Å². The van der Waals surface area contributed by atoms with Gasteiger partial charge in [-0.15, -0.1) is 4.98 Å². The lowest BCUT2D eigenvalue weighted by Gasteiger charge is -2.31. The second-order valence-electron chi connectivity index (χ2n) is 5.72. The molecule has 0 aromatic carbocycles. The van der Waals surface area contributed by atoms with E-state index in [0.717, 1.165) is 31.6 Å². The SMILES string of the molecule is CCCOc1nc(NN)nc(OC2CCC(C)C(C)C2)n1. The van der Waals surface area contributed by atoms with Crippen LogP contribution in [0.5, 0.6) is 12.0 Å². The van der Waals surface area contributed by atoms with Crippen LogP contribution in [-0.2, 0) is 0 Å². The minimum absolute atomic E-state index is 0.142. The molecule has 0 radical (unpaired) electrons. The van der Waals surface area contributed by atoms with Gasteiger partial charge in [0.25, 0.3) is 0 Å². The van der Waals surface area contributed by atoms with Gasteiger partial charge in [0.1, 0.15) is 6.10 Å². The summed E-state index contributed by atoms with van der Waals surface area (Å²) in [6.07, 6.45) is 4.23. The lowest BCUT2D eigenvalue weighted by molar-refractivity contribution is 0.0906. The third-order valence-electron chi connectivity index (χ3n) is 3.98. The second-order valence-corrected chi connectivity index (χ2v) is 5.72. The van der Waals surface area contributed by atoms with Crippen molar-refractivity contribution in [3.63, 3.8) is 0 Å². The summed E-state index contributed by atoms with van der Waals surface area (Å²) in [6, 6.07) is 0.517. The molecule has 1 saturated carbocycles. The number of hydrogen-bond acceptors (Lipinski definition) is 7. The highest BCUT2D eigenvalue weighted by Gasteiger charge is 2.26. The summed E-state index contributed by atoms with van der Waals surface area (Å²) < 4.78 is 11.3. The van der Waals surface area contributed by atoms with Gasteiger partial charge in [0, 0.05) is 0 Å². The molecular formula is C14H25N5O2. The summed E-state index contributed by atoms with van der Waals surface area (Å²) in [5, 5.41) is 0. The van der Waals surface area contributed by atoms with Gasteiger partial charge in [-0.1, -0.05) is 20.8 Å². The van der Waals surface area contributed by atoms with Crippen LogP contribution in [-0.4, -0.2) is 27.7 Å². The predicted molar refractivity (Wildman–Crippen MR) is 80.0 cm³/mol. The van der Waals surface area contributed by atoms with Gasteiger partial charge in [0.15, 0.2) is 0 Å². The van der Waals surface area contributed by atoms with Crippen LogP contribution >= 0.6 is 0 Å². The van der Waals surface area contributed by atoms with Crippen LogP contribution in [0.4, 0.5) is 5.95 Å². The van der Waals surface area contributed by atoms with Gasteiger partial charge < -0.3 is 9.47 Å². The molecule has 2 rings (SSSR count). The number of rotatable bonds is 6. The molecule has 1 fully saturated rings. The molecule has 3 atom stereocenters. The van der Waals surface area contributed by atoms with Crippen molar-refractivity contribution in [1.29, 1.82) is 0 Å². The van der Waals surface area contributed by atoms with Gasteiger partial charge in [-0.25, -0.2) is 5.84 Å². The minimum atomic E-state index is 0.142. The summed E-state index contributed by atoms with van der Waals surface area (Å²) in [5.74, 6) is 7.02. The summed E-state index contributed by atoms with van der Waals surface area (Å²) in [6.45, 7) is 7.12. The van der Waals surface area contributed by atoms with E-state index in [1.165, 1.54) is 0 Å². The molecule has 1 aliphatic carbocycles. The molecule has 0 aliphatic heterocycles. The highest BCUT2D eigenvalue weighted by atomic mass is 16.5. The number of anilines is 1. The molecule has 3 N–H and O–H groups in total. The molecular weight excluding hydrogens is 270 g/mol. The Morgan fingerprint density at radius 1 is 1.14 bits per heavy atom. The molecule has 0 bridgehead atoms. The summed E-state index contributed by atoms with van der Waals surface area (Å²) in [4.78, 5) is 12.4. The van der Waals surface area contributed by atoms with Crippen LogP contribution < -0.4 is 20.7 Å². The Hall–Kier alpha value is -1.63. The molecule has 7 nitrogen and oxygen atoms in total. The van der Waals surface area contributed by atoms with Crippen LogP contribution in [0.2, 0.25) is 0 Å². The third-order valence-corrected chi connectivity index (χ3v) is 3.98. The highest BCUT2D eigenvalue weighted by Crippen LogP contribution is 2.31. The Kier molecular flexibility index (Phi) is 5.55. The van der Waals surface area contributed by atoms with Gasteiger partial charge in [-0.3, -0.25) is 5.43 Å². The van der Waals surface area contributed by atoms with E-state index in [-0.39, 0.29) is 24.1 Å². The fraction of sp³-hybridized carbons (Fsp3) is 0.786. The average molecular weight is 295 g/mol. The van der Waals surface area contributed by atoms with Crippen molar-refractivity contribution < 1.29 is 9.47 Å². The Morgan fingerprint density at radius 3 is 2.57 bits per heavy atom. The van der Waals surface area contributed by atoms with Crippen LogP contribution in [0.15, 0.2) is 0 Å². The van der Waals surface area contributed by atoms with Crippen molar-refractivity contribution in [2.75, 3.05) is 12.0 Å². The number of hydrogen-bond donors (Lipinski definition) is 2. The Balaban J connectivity index is 2.04. The van der Waals surface area contributed by atoms with Gasteiger partial charge >= 0.3 is 12.0 Å². The summed E-state index contributed by atoms with van der Waals surface area (Å²) >= 11 is 0. The van der Waals surface area contributed by atoms with E-state index in [1.807, 2.05) is 6.92 Å². The fourth-order valence-electron chi connectivity index (χ4n) is 2.47. The van der Waals surface area contributed by atoms with E-state index in [2.05, 4.69) is 34.2 Å². The van der Waals surface area contributed by atoms with Crippen molar-refractivity contribution in [3.05, 3.63) is 0 Å². The van der Waals surface area contributed by atoms with E-state index in [4.69, 9.17) is 15.3 Å². The molecule has 0 spiro atoms. The number of nitrogens with two attached hydrogens (primary N) is 1. The number of nitrogens with zero attached hydrogens (tertiary/aromatic N) is 3. The lowest BCUT2D eigenvalue weighted by atomic mass is 9.80. The Labute approximate surface area is 125 Å². The fourth-order valence-corrected chi connectivity index (χ4v) is 2.47. The van der Waals surface area contributed by atoms with Gasteiger partial charge in [0.2, 0.25) is 5.95 Å². The first-order valence-corrected chi connectivity index (χ1v) is 7.64. The topological polar surface area (TPSA) is 95.2 Å². The zero-order valence-electron chi connectivity index (χ0n) is 13.0. The first kappa shape index (κ1) is 15.8. The van der Waals surface area contributed by atoms with Gasteiger partial charge in [0.05, 0.1) is 6.61 Å². The van der Waals surface area contributed by atoms with Crippen molar-refractivity contribution in [3.8, 4) is 12.0 Å². The Morgan fingerprint density at radius 2 is 1.90 bits per heavy atom. The predicted octanol–water partition coefficient (Wildman–Crippen LogP) is 2.15. The maximum Gasteiger partial charge on any atom is 0.324 e. The van der Waals surface area contributed by atoms with Crippen molar-refractivity contribution in [1.82, 2.24) is 15.0 Å². The standard InChI is InChI=1S/C14H25N5O2/c1-4-7-20-13-16-12(19-15)17-14(18-13)21-11-6-5-9(2)10(3)8-11/h9-11H,4-8,15H2,1-3H3,(H,16,17,18,19). The van der Waals surface area contributed by atoms with Crippen molar-refractivity contribution in [2.24, 2.45) is 17.7 Å².